The number of nitrogens with zero attached hydrogens (tertiary/aromatic N) is 1. The Bertz CT molecular complexity index is 491. The Hall–Kier alpha value is -1.88. The van der Waals surface area contributed by atoms with Gasteiger partial charge < -0.3 is 0 Å². The van der Waals surface area contributed by atoms with Crippen LogP contribution >= 0.6 is 0 Å². The van der Waals surface area contributed by atoms with Gasteiger partial charge in [-0.25, -0.2) is 0 Å². The minimum absolute atomic E-state index is 0.206. The molecule has 1 unspecified atom stereocenters. The van der Waals surface area contributed by atoms with Crippen LogP contribution in [0.1, 0.15) is 37.3 Å². The highest BCUT2D eigenvalue weighted by Gasteiger charge is 2.18. The largest absolute Gasteiger partial charge is 0.300 e. The van der Waals surface area contributed by atoms with Crippen LogP contribution in [0.25, 0.3) is 5.57 Å². The monoisotopic (exact) mass is 225 g/mol. The molecule has 2 rings (SSSR count). The van der Waals surface area contributed by atoms with Crippen LogP contribution in [-0.2, 0) is 4.79 Å². The molecule has 0 radical (unpaired) electrons. The molecule has 86 valence electrons. The first-order chi connectivity index (χ1) is 8.20. The van der Waals surface area contributed by atoms with E-state index in [9.17, 15) is 4.79 Å². The topological polar surface area (TPSA) is 40.9 Å². The standard InChI is InChI=1S/C15H15NO/c1-11(17)13-6-8-15(9-7-13)14-4-2-12(10-16)3-5-14/h2-5,8,13H,6-7,9H2,1H3. The lowest BCUT2D eigenvalue weighted by molar-refractivity contribution is -0.120. The Labute approximate surface area is 102 Å². The van der Waals surface area contributed by atoms with Crippen molar-refractivity contribution in [2.75, 3.05) is 0 Å². The highest BCUT2D eigenvalue weighted by Crippen LogP contribution is 2.30. The summed E-state index contributed by atoms with van der Waals surface area (Å²) in [5.74, 6) is 0.497. The molecule has 0 amide bonds. The lowest BCUT2D eigenvalue weighted by atomic mass is 9.84. The first-order valence-electron chi connectivity index (χ1n) is 5.90. The zero-order chi connectivity index (χ0) is 12.3. The summed E-state index contributed by atoms with van der Waals surface area (Å²) in [6, 6.07) is 9.77. The number of hydrogen-bond donors (Lipinski definition) is 0. The molecule has 0 heterocycles. The van der Waals surface area contributed by atoms with Gasteiger partial charge in [-0.2, -0.15) is 5.26 Å². The average molecular weight is 225 g/mol. The van der Waals surface area contributed by atoms with Crippen LogP contribution in [0.4, 0.5) is 0 Å². The molecular formula is C15H15NO. The zero-order valence-corrected chi connectivity index (χ0v) is 9.94. The maximum absolute atomic E-state index is 11.3. The van der Waals surface area contributed by atoms with Crippen molar-refractivity contribution in [1.82, 2.24) is 0 Å². The number of Topliss-reactive ketones (excluding diaryl/α,β-unsaturated/α-hetero) is 1. The predicted molar refractivity (Wildman–Crippen MR) is 67.2 cm³/mol. The fourth-order valence-electron chi connectivity index (χ4n) is 2.22. The second-order valence-corrected chi connectivity index (χ2v) is 4.50. The van der Waals surface area contributed by atoms with Crippen LogP contribution in [0, 0.1) is 17.2 Å². The molecule has 2 heteroatoms. The Morgan fingerprint density at radius 1 is 1.35 bits per heavy atom. The molecule has 0 bridgehead atoms. The van der Waals surface area contributed by atoms with E-state index in [0.717, 1.165) is 19.3 Å². The summed E-state index contributed by atoms with van der Waals surface area (Å²) in [6.07, 6.45) is 4.92. The van der Waals surface area contributed by atoms with Crippen molar-refractivity contribution in [3.63, 3.8) is 0 Å². The molecule has 1 aromatic carbocycles. The number of rotatable bonds is 2. The van der Waals surface area contributed by atoms with Crippen molar-refractivity contribution in [3.8, 4) is 6.07 Å². The van der Waals surface area contributed by atoms with E-state index in [1.165, 1.54) is 11.1 Å². The molecule has 0 saturated carbocycles. The van der Waals surface area contributed by atoms with Gasteiger partial charge in [0, 0.05) is 5.92 Å². The molecule has 0 saturated heterocycles. The second-order valence-electron chi connectivity index (χ2n) is 4.50. The van der Waals surface area contributed by atoms with Crippen LogP contribution < -0.4 is 0 Å². The van der Waals surface area contributed by atoms with Crippen molar-refractivity contribution in [1.29, 1.82) is 5.26 Å². The molecule has 1 aromatic rings. The number of carbonyl (C=O) groups is 1. The summed E-state index contributed by atoms with van der Waals surface area (Å²) in [4.78, 5) is 11.3. The normalized spacial score (nSPS) is 19.3. The Morgan fingerprint density at radius 3 is 2.53 bits per heavy atom. The van der Waals surface area contributed by atoms with Crippen LogP contribution in [0.3, 0.4) is 0 Å². The number of carbonyl (C=O) groups excluding carboxylic acids is 1. The van der Waals surface area contributed by atoms with Gasteiger partial charge in [-0.1, -0.05) is 18.2 Å². The molecule has 0 N–H and O–H groups in total. The molecule has 0 aliphatic heterocycles. The van der Waals surface area contributed by atoms with Gasteiger partial charge in [0.15, 0.2) is 0 Å². The summed E-state index contributed by atoms with van der Waals surface area (Å²) >= 11 is 0. The van der Waals surface area contributed by atoms with Gasteiger partial charge in [0.25, 0.3) is 0 Å². The number of benzene rings is 1. The van der Waals surface area contributed by atoms with Crippen molar-refractivity contribution in [2.45, 2.75) is 26.2 Å². The summed E-state index contributed by atoms with van der Waals surface area (Å²) < 4.78 is 0. The molecule has 17 heavy (non-hydrogen) atoms. The third-order valence-electron chi connectivity index (χ3n) is 3.37. The van der Waals surface area contributed by atoms with E-state index in [1.807, 2.05) is 24.3 Å². The SMILES string of the molecule is CC(=O)C1CC=C(c2ccc(C#N)cc2)CC1. The average Bonchev–Trinajstić information content (AvgIpc) is 2.39. The van der Waals surface area contributed by atoms with Gasteiger partial charge >= 0.3 is 0 Å². The lowest BCUT2D eigenvalue weighted by Crippen LogP contribution is -2.13. The van der Waals surface area contributed by atoms with Crippen LogP contribution in [-0.4, -0.2) is 5.78 Å². The van der Waals surface area contributed by atoms with Crippen molar-refractivity contribution in [3.05, 3.63) is 41.5 Å². The fourth-order valence-corrected chi connectivity index (χ4v) is 2.22. The molecule has 1 atom stereocenters. The van der Waals surface area contributed by atoms with E-state index >= 15 is 0 Å². The van der Waals surface area contributed by atoms with Crippen LogP contribution in [0.2, 0.25) is 0 Å². The Kier molecular flexibility index (Phi) is 3.39. The first-order valence-corrected chi connectivity index (χ1v) is 5.90. The van der Waals surface area contributed by atoms with Gasteiger partial charge in [0.2, 0.25) is 0 Å². The number of allylic oxidation sites excluding steroid dienone is 2. The molecule has 0 fully saturated rings. The molecule has 0 spiro atoms. The highest BCUT2D eigenvalue weighted by atomic mass is 16.1. The molecular weight excluding hydrogens is 210 g/mol. The van der Waals surface area contributed by atoms with Crippen LogP contribution in [0.15, 0.2) is 30.3 Å². The Balaban J connectivity index is 2.14. The fraction of sp³-hybridized carbons (Fsp3) is 0.333. The maximum Gasteiger partial charge on any atom is 0.133 e. The Morgan fingerprint density at radius 2 is 2.06 bits per heavy atom. The maximum atomic E-state index is 11.3. The van der Waals surface area contributed by atoms with E-state index in [0.29, 0.717) is 11.3 Å². The first kappa shape index (κ1) is 11.6. The van der Waals surface area contributed by atoms with Crippen molar-refractivity contribution >= 4 is 11.4 Å². The van der Waals surface area contributed by atoms with Gasteiger partial charge in [-0.3, -0.25) is 4.79 Å². The smallest absolute Gasteiger partial charge is 0.133 e. The third kappa shape index (κ3) is 2.62. The minimum Gasteiger partial charge on any atom is -0.300 e. The summed E-state index contributed by atoms with van der Waals surface area (Å²) in [5, 5.41) is 8.73. The van der Waals surface area contributed by atoms with E-state index < -0.39 is 0 Å². The molecule has 1 aliphatic carbocycles. The van der Waals surface area contributed by atoms with E-state index in [2.05, 4.69) is 12.1 Å². The number of nitriles is 1. The zero-order valence-electron chi connectivity index (χ0n) is 9.94. The van der Waals surface area contributed by atoms with Gasteiger partial charge in [0.1, 0.15) is 5.78 Å². The summed E-state index contributed by atoms with van der Waals surface area (Å²) in [7, 11) is 0. The van der Waals surface area contributed by atoms with Gasteiger partial charge in [-0.05, 0) is 49.5 Å². The van der Waals surface area contributed by atoms with Crippen molar-refractivity contribution in [2.24, 2.45) is 5.92 Å². The van der Waals surface area contributed by atoms with Crippen molar-refractivity contribution < 1.29 is 4.79 Å². The summed E-state index contributed by atoms with van der Waals surface area (Å²) in [5.41, 5.74) is 3.16. The highest BCUT2D eigenvalue weighted by molar-refractivity contribution is 5.80. The molecule has 1 aliphatic rings. The van der Waals surface area contributed by atoms with E-state index in [4.69, 9.17) is 5.26 Å². The van der Waals surface area contributed by atoms with Gasteiger partial charge in [-0.15, -0.1) is 0 Å². The number of ketones is 1. The second kappa shape index (κ2) is 4.97. The van der Waals surface area contributed by atoms with Gasteiger partial charge in [0.05, 0.1) is 11.6 Å². The third-order valence-corrected chi connectivity index (χ3v) is 3.37. The van der Waals surface area contributed by atoms with E-state index in [1.54, 1.807) is 6.92 Å². The molecule has 2 nitrogen and oxygen atoms in total. The summed E-state index contributed by atoms with van der Waals surface area (Å²) in [6.45, 7) is 1.67. The lowest BCUT2D eigenvalue weighted by Gasteiger charge is -2.19. The predicted octanol–water partition coefficient (Wildman–Crippen LogP) is 3.33. The number of hydrogen-bond acceptors (Lipinski definition) is 2. The molecule has 0 aromatic heterocycles. The van der Waals surface area contributed by atoms with Crippen LogP contribution in [0.5, 0.6) is 0 Å². The van der Waals surface area contributed by atoms with E-state index in [-0.39, 0.29) is 5.92 Å². The minimum atomic E-state index is 0.206. The quantitative estimate of drug-likeness (QED) is 0.774.